The molecule has 0 amide bonds. The molecule has 2 heterocycles. The molecule has 3 nitrogen and oxygen atoms in total. The van der Waals surface area contributed by atoms with Crippen LogP contribution in [0.25, 0.3) is 0 Å². The molecule has 0 bridgehead atoms. The summed E-state index contributed by atoms with van der Waals surface area (Å²) in [4.78, 5) is 14.0. The molecule has 102 valence electrons. The van der Waals surface area contributed by atoms with E-state index in [9.17, 15) is 4.79 Å². The molecule has 2 atom stereocenters. The number of carbonyl (C=O) groups is 1. The second-order valence-electron chi connectivity index (χ2n) is 5.56. The minimum absolute atomic E-state index is 0.161. The van der Waals surface area contributed by atoms with Crippen LogP contribution >= 0.6 is 11.8 Å². The Morgan fingerprint density at radius 2 is 2.28 bits per heavy atom. The highest BCUT2D eigenvalue weighted by molar-refractivity contribution is 8.15. The fraction of sp³-hybridized carbons (Fsp3) is 0.786. The van der Waals surface area contributed by atoms with Gasteiger partial charge in [-0.05, 0) is 33.1 Å². The predicted octanol–water partition coefficient (Wildman–Crippen LogP) is 2.81. The molecule has 0 aromatic heterocycles. The Morgan fingerprint density at radius 1 is 1.56 bits per heavy atom. The normalized spacial score (nSPS) is 29.0. The van der Waals surface area contributed by atoms with Gasteiger partial charge >= 0.3 is 0 Å². The Hall–Kier alpha value is -0.480. The van der Waals surface area contributed by atoms with Gasteiger partial charge in [0.2, 0.25) is 5.12 Å². The second-order valence-corrected chi connectivity index (χ2v) is 6.77. The monoisotopic (exact) mass is 269 g/mol. The largest absolute Gasteiger partial charge is 0.377 e. The Kier molecular flexibility index (Phi) is 4.07. The standard InChI is InChI=1S/C14H23NO2S/c1-5-11-10(9-13(16)18-11)15-8-6-7-12(15)14(2,3)17-4/h9,11-12H,5-8H2,1-4H3/t11-,12-/m0/s1. The molecule has 1 saturated heterocycles. The maximum absolute atomic E-state index is 11.6. The summed E-state index contributed by atoms with van der Waals surface area (Å²) in [6.45, 7) is 7.48. The zero-order chi connectivity index (χ0) is 13.3. The third kappa shape index (κ3) is 2.45. The van der Waals surface area contributed by atoms with Crippen LogP contribution in [-0.2, 0) is 9.53 Å². The van der Waals surface area contributed by atoms with Crippen LogP contribution in [-0.4, -0.2) is 40.6 Å². The van der Waals surface area contributed by atoms with Crippen molar-refractivity contribution in [2.75, 3.05) is 13.7 Å². The van der Waals surface area contributed by atoms with Crippen LogP contribution in [0.15, 0.2) is 11.8 Å². The van der Waals surface area contributed by atoms with E-state index in [1.165, 1.54) is 23.9 Å². The first kappa shape index (κ1) is 13.9. The molecular weight excluding hydrogens is 246 g/mol. The number of hydrogen-bond acceptors (Lipinski definition) is 4. The molecule has 2 rings (SSSR count). The van der Waals surface area contributed by atoms with Crippen LogP contribution in [0.4, 0.5) is 0 Å². The SMILES string of the molecule is CC[C@@H]1SC(=O)C=C1N1CCC[C@H]1C(C)(C)OC. The highest BCUT2D eigenvalue weighted by Crippen LogP contribution is 2.39. The summed E-state index contributed by atoms with van der Waals surface area (Å²) < 4.78 is 5.65. The third-order valence-corrected chi connectivity index (χ3v) is 5.35. The van der Waals surface area contributed by atoms with Crippen molar-refractivity contribution in [1.82, 2.24) is 4.90 Å². The van der Waals surface area contributed by atoms with Crippen molar-refractivity contribution in [3.05, 3.63) is 11.8 Å². The molecule has 18 heavy (non-hydrogen) atoms. The minimum atomic E-state index is -0.161. The first-order chi connectivity index (χ1) is 8.49. The molecule has 0 spiro atoms. The summed E-state index contributed by atoms with van der Waals surface area (Å²) in [5.41, 5.74) is 1.06. The molecule has 0 N–H and O–H groups in total. The number of carbonyl (C=O) groups excluding carboxylic acids is 1. The molecule has 1 fully saturated rings. The number of likely N-dealkylation sites (tertiary alicyclic amines) is 1. The Bertz CT molecular complexity index is 365. The zero-order valence-corrected chi connectivity index (χ0v) is 12.5. The van der Waals surface area contributed by atoms with E-state index in [0.717, 1.165) is 19.4 Å². The average Bonchev–Trinajstić information content (AvgIpc) is 2.94. The molecule has 2 aliphatic rings. The summed E-state index contributed by atoms with van der Waals surface area (Å²) in [6.07, 6.45) is 5.18. The van der Waals surface area contributed by atoms with E-state index in [0.29, 0.717) is 11.3 Å². The molecular formula is C14H23NO2S. The molecule has 0 radical (unpaired) electrons. The minimum Gasteiger partial charge on any atom is -0.377 e. The molecule has 0 saturated carbocycles. The first-order valence-electron chi connectivity index (χ1n) is 6.73. The second kappa shape index (κ2) is 5.25. The summed E-state index contributed by atoms with van der Waals surface area (Å²) >= 11 is 1.47. The maximum atomic E-state index is 11.6. The van der Waals surface area contributed by atoms with Crippen LogP contribution in [0, 0.1) is 0 Å². The van der Waals surface area contributed by atoms with E-state index in [1.807, 2.05) is 6.08 Å². The van der Waals surface area contributed by atoms with Crippen molar-refractivity contribution in [3.8, 4) is 0 Å². The van der Waals surface area contributed by atoms with E-state index in [-0.39, 0.29) is 10.7 Å². The fourth-order valence-electron chi connectivity index (χ4n) is 2.94. The van der Waals surface area contributed by atoms with E-state index in [2.05, 4.69) is 25.7 Å². The van der Waals surface area contributed by atoms with Gasteiger partial charge in [-0.3, -0.25) is 4.79 Å². The first-order valence-corrected chi connectivity index (χ1v) is 7.61. The number of thioether (sulfide) groups is 1. The van der Waals surface area contributed by atoms with Crippen LogP contribution in [0.1, 0.15) is 40.0 Å². The van der Waals surface area contributed by atoms with E-state index < -0.39 is 0 Å². The molecule has 4 heteroatoms. The Morgan fingerprint density at radius 3 is 2.89 bits per heavy atom. The van der Waals surface area contributed by atoms with Gasteiger partial charge in [-0.25, -0.2) is 0 Å². The Labute approximate surface area is 114 Å². The fourth-order valence-corrected chi connectivity index (χ4v) is 3.90. The molecule has 0 unspecified atom stereocenters. The smallest absolute Gasteiger partial charge is 0.214 e. The third-order valence-electron chi connectivity index (χ3n) is 4.14. The highest BCUT2D eigenvalue weighted by Gasteiger charge is 2.41. The van der Waals surface area contributed by atoms with Crippen molar-refractivity contribution in [2.24, 2.45) is 0 Å². The predicted molar refractivity (Wildman–Crippen MR) is 75.6 cm³/mol. The van der Waals surface area contributed by atoms with Gasteiger partial charge in [-0.1, -0.05) is 18.7 Å². The van der Waals surface area contributed by atoms with Crippen LogP contribution in [0.3, 0.4) is 0 Å². The quantitative estimate of drug-likeness (QED) is 0.785. The average molecular weight is 269 g/mol. The lowest BCUT2D eigenvalue weighted by Crippen LogP contribution is -2.47. The molecule has 0 aromatic rings. The van der Waals surface area contributed by atoms with Gasteiger partial charge in [-0.15, -0.1) is 0 Å². The zero-order valence-electron chi connectivity index (χ0n) is 11.7. The van der Waals surface area contributed by atoms with Gasteiger partial charge < -0.3 is 9.64 Å². The van der Waals surface area contributed by atoms with Crippen molar-refractivity contribution < 1.29 is 9.53 Å². The van der Waals surface area contributed by atoms with Crippen molar-refractivity contribution in [2.45, 2.75) is 56.9 Å². The molecule has 0 aliphatic carbocycles. The highest BCUT2D eigenvalue weighted by atomic mass is 32.2. The van der Waals surface area contributed by atoms with Gasteiger partial charge in [0.05, 0.1) is 16.9 Å². The van der Waals surface area contributed by atoms with Gasteiger partial charge in [0, 0.05) is 25.4 Å². The van der Waals surface area contributed by atoms with E-state index >= 15 is 0 Å². The van der Waals surface area contributed by atoms with Crippen molar-refractivity contribution >= 4 is 16.9 Å². The van der Waals surface area contributed by atoms with Crippen LogP contribution in [0.5, 0.6) is 0 Å². The number of rotatable bonds is 4. The van der Waals surface area contributed by atoms with Crippen LogP contribution < -0.4 is 0 Å². The summed E-state index contributed by atoms with van der Waals surface area (Å²) in [6, 6.07) is 0.384. The van der Waals surface area contributed by atoms with E-state index in [4.69, 9.17) is 4.74 Å². The summed E-state index contributed by atoms with van der Waals surface area (Å²) in [5, 5.41) is 0.545. The summed E-state index contributed by atoms with van der Waals surface area (Å²) in [5.74, 6) is 0. The number of methoxy groups -OCH3 is 1. The van der Waals surface area contributed by atoms with Crippen molar-refractivity contribution in [1.29, 1.82) is 0 Å². The molecule has 2 aliphatic heterocycles. The lowest BCUT2D eigenvalue weighted by atomic mass is 9.95. The summed E-state index contributed by atoms with van der Waals surface area (Å²) in [7, 11) is 1.77. The maximum Gasteiger partial charge on any atom is 0.214 e. The van der Waals surface area contributed by atoms with Crippen LogP contribution in [0.2, 0.25) is 0 Å². The van der Waals surface area contributed by atoms with E-state index in [1.54, 1.807) is 7.11 Å². The number of ether oxygens (including phenoxy) is 1. The van der Waals surface area contributed by atoms with Gasteiger partial charge in [0.25, 0.3) is 0 Å². The lowest BCUT2D eigenvalue weighted by molar-refractivity contribution is -0.107. The number of hydrogen-bond donors (Lipinski definition) is 0. The van der Waals surface area contributed by atoms with Gasteiger partial charge in [0.1, 0.15) is 0 Å². The molecule has 0 aromatic carbocycles. The van der Waals surface area contributed by atoms with Crippen molar-refractivity contribution in [3.63, 3.8) is 0 Å². The number of nitrogens with zero attached hydrogens (tertiary/aromatic N) is 1. The topological polar surface area (TPSA) is 29.5 Å². The lowest BCUT2D eigenvalue weighted by Gasteiger charge is -2.39. The van der Waals surface area contributed by atoms with Gasteiger partial charge in [0.15, 0.2) is 0 Å². The Balaban J connectivity index is 2.22. The van der Waals surface area contributed by atoms with Gasteiger partial charge in [-0.2, -0.15) is 0 Å².